The van der Waals surface area contributed by atoms with Gasteiger partial charge in [-0.2, -0.15) is 4.73 Å². The van der Waals surface area contributed by atoms with Crippen LogP contribution in [0.25, 0.3) is 21.3 Å². The highest BCUT2D eigenvalue weighted by molar-refractivity contribution is 9.11. The average molecular weight is 397 g/mol. The van der Waals surface area contributed by atoms with E-state index in [1.807, 2.05) is 13.1 Å². The van der Waals surface area contributed by atoms with Crippen molar-refractivity contribution in [2.24, 2.45) is 7.05 Å². The van der Waals surface area contributed by atoms with Gasteiger partial charge < -0.3 is 19.4 Å². The third-order valence-corrected chi connectivity index (χ3v) is 6.17. The fraction of sp³-hybridized carbons (Fsp3) is 0.467. The Bertz CT molecular complexity index is 883. The molecule has 0 saturated carbocycles. The fourth-order valence-corrected chi connectivity index (χ4v) is 4.97. The number of rotatable bonds is 2. The molecule has 8 heteroatoms. The maximum atomic E-state index is 12.2. The van der Waals surface area contributed by atoms with Gasteiger partial charge in [-0.25, -0.2) is 4.98 Å². The van der Waals surface area contributed by atoms with Gasteiger partial charge >= 0.3 is 0 Å². The van der Waals surface area contributed by atoms with Crippen LogP contribution in [0, 0.1) is 5.21 Å². The summed E-state index contributed by atoms with van der Waals surface area (Å²) in [6, 6.07) is 1.86. The number of hydrogen-bond donors (Lipinski definition) is 0. The first-order chi connectivity index (χ1) is 11.1. The molecule has 0 radical (unpaired) electrons. The maximum absolute atomic E-state index is 12.2. The number of anilines is 1. The summed E-state index contributed by atoms with van der Waals surface area (Å²) in [5, 5.41) is 12.2. The van der Waals surface area contributed by atoms with Crippen LogP contribution < -0.4 is 9.63 Å². The topological polar surface area (TPSA) is 57.2 Å². The molecule has 0 spiro atoms. The van der Waals surface area contributed by atoms with Gasteiger partial charge in [0.05, 0.1) is 9.89 Å². The molecule has 4 heterocycles. The average Bonchev–Trinajstić information content (AvgIpc) is 3.08. The van der Waals surface area contributed by atoms with E-state index < -0.39 is 0 Å². The minimum Gasteiger partial charge on any atom is -0.618 e. The van der Waals surface area contributed by atoms with Gasteiger partial charge in [0, 0.05) is 33.3 Å². The molecule has 1 fully saturated rings. The van der Waals surface area contributed by atoms with Crippen LogP contribution in [-0.4, -0.2) is 35.9 Å². The molecule has 122 valence electrons. The number of aromatic nitrogens is 3. The largest absolute Gasteiger partial charge is 0.618 e. The number of thiophene rings is 1. The van der Waals surface area contributed by atoms with E-state index in [4.69, 9.17) is 9.72 Å². The number of piperidine rings is 1. The first-order valence-electron chi connectivity index (χ1n) is 7.54. The molecule has 0 aliphatic carbocycles. The summed E-state index contributed by atoms with van der Waals surface area (Å²) >= 11 is 5.05. The summed E-state index contributed by atoms with van der Waals surface area (Å²) in [6.45, 7) is 1.84. The van der Waals surface area contributed by atoms with Gasteiger partial charge in [0.1, 0.15) is 10.2 Å². The lowest BCUT2D eigenvalue weighted by Gasteiger charge is -2.31. The van der Waals surface area contributed by atoms with Crippen LogP contribution in [0.1, 0.15) is 12.8 Å². The van der Waals surface area contributed by atoms with Crippen LogP contribution in [0.15, 0.2) is 16.0 Å². The smallest absolute Gasteiger partial charge is 0.238 e. The van der Waals surface area contributed by atoms with Gasteiger partial charge in [0.15, 0.2) is 5.52 Å². The molecule has 6 nitrogen and oxygen atoms in total. The van der Waals surface area contributed by atoms with Crippen LogP contribution in [0.3, 0.4) is 0 Å². The van der Waals surface area contributed by atoms with Crippen molar-refractivity contribution in [3.8, 4) is 0 Å². The third kappa shape index (κ3) is 2.40. The van der Waals surface area contributed by atoms with Crippen molar-refractivity contribution in [1.82, 2.24) is 9.55 Å². The standard InChI is InChI=1S/C15H17BrN4O2S/c1-18-13-10(8-20(21)11-7-12(16)23-14(11)13)17-15(18)19-5-3-9(22-2)4-6-19/h7-9H,3-6H2,1-2H3. The van der Waals surface area contributed by atoms with Crippen molar-refractivity contribution < 1.29 is 9.47 Å². The van der Waals surface area contributed by atoms with Crippen LogP contribution in [-0.2, 0) is 11.8 Å². The lowest BCUT2D eigenvalue weighted by Crippen LogP contribution is -2.37. The Morgan fingerprint density at radius 3 is 2.87 bits per heavy atom. The number of nitrogens with zero attached hydrogens (tertiary/aromatic N) is 4. The van der Waals surface area contributed by atoms with E-state index in [9.17, 15) is 5.21 Å². The molecule has 3 aromatic rings. The lowest BCUT2D eigenvalue weighted by atomic mass is 10.1. The Hall–Kier alpha value is -1.38. The Morgan fingerprint density at radius 2 is 2.17 bits per heavy atom. The number of hydrogen-bond acceptors (Lipinski definition) is 5. The molecule has 0 bridgehead atoms. The Kier molecular flexibility index (Phi) is 3.70. The van der Waals surface area contributed by atoms with Gasteiger partial charge in [0.2, 0.25) is 17.7 Å². The number of imidazole rings is 1. The lowest BCUT2D eigenvalue weighted by molar-refractivity contribution is -0.575. The van der Waals surface area contributed by atoms with Crippen molar-refractivity contribution in [1.29, 1.82) is 0 Å². The molecule has 0 N–H and O–H groups in total. The van der Waals surface area contributed by atoms with E-state index in [1.165, 1.54) is 0 Å². The second-order valence-electron chi connectivity index (χ2n) is 5.85. The van der Waals surface area contributed by atoms with E-state index in [0.29, 0.717) is 11.6 Å². The van der Waals surface area contributed by atoms with Crippen LogP contribution in [0.4, 0.5) is 5.95 Å². The van der Waals surface area contributed by atoms with Crippen molar-refractivity contribution >= 4 is 54.5 Å². The minimum absolute atomic E-state index is 0.338. The van der Waals surface area contributed by atoms with Crippen molar-refractivity contribution in [3.63, 3.8) is 0 Å². The van der Waals surface area contributed by atoms with Gasteiger partial charge in [-0.3, -0.25) is 0 Å². The first kappa shape index (κ1) is 15.2. The SMILES string of the molecule is COC1CCN(c2nc3c[n+]([O-])c4cc(Br)sc4c3n2C)CC1. The van der Waals surface area contributed by atoms with Gasteiger partial charge in [-0.15, -0.1) is 11.3 Å². The molecule has 3 aromatic heterocycles. The normalized spacial score (nSPS) is 16.7. The number of pyridine rings is 1. The van der Waals surface area contributed by atoms with E-state index >= 15 is 0 Å². The number of halogens is 1. The van der Waals surface area contributed by atoms with Crippen molar-refractivity contribution in [3.05, 3.63) is 21.3 Å². The highest BCUT2D eigenvalue weighted by atomic mass is 79.9. The number of ether oxygens (including phenoxy) is 1. The maximum Gasteiger partial charge on any atom is 0.238 e. The number of fused-ring (bicyclic) bond motifs is 3. The molecule has 1 aliphatic heterocycles. The molecule has 0 unspecified atom stereocenters. The van der Waals surface area contributed by atoms with Crippen molar-refractivity contribution in [2.75, 3.05) is 25.1 Å². The molecule has 0 amide bonds. The molecule has 0 atom stereocenters. The predicted molar refractivity (Wildman–Crippen MR) is 95.0 cm³/mol. The molecule has 4 rings (SSSR count). The monoisotopic (exact) mass is 396 g/mol. The minimum atomic E-state index is 0.338. The van der Waals surface area contributed by atoms with E-state index in [2.05, 4.69) is 25.4 Å². The predicted octanol–water partition coefficient (Wildman–Crippen LogP) is 2.80. The van der Waals surface area contributed by atoms with Crippen LogP contribution >= 0.6 is 27.3 Å². The van der Waals surface area contributed by atoms with Gasteiger partial charge in [-0.05, 0) is 28.8 Å². The second-order valence-corrected chi connectivity index (χ2v) is 8.28. The summed E-state index contributed by atoms with van der Waals surface area (Å²) < 4.78 is 10.4. The van der Waals surface area contributed by atoms with Crippen LogP contribution in [0.5, 0.6) is 0 Å². The fourth-order valence-electron chi connectivity index (χ4n) is 3.31. The summed E-state index contributed by atoms with van der Waals surface area (Å²) in [5.74, 6) is 0.923. The number of methoxy groups -OCH3 is 1. The Balaban J connectivity index is 1.83. The first-order valence-corrected chi connectivity index (χ1v) is 9.15. The highest BCUT2D eigenvalue weighted by Gasteiger charge is 2.25. The van der Waals surface area contributed by atoms with E-state index in [-0.39, 0.29) is 0 Å². The second kappa shape index (κ2) is 5.61. The molecular weight excluding hydrogens is 380 g/mol. The molecule has 1 aliphatic rings. The molecular formula is C15H17BrN4O2S. The van der Waals surface area contributed by atoms with E-state index in [1.54, 1.807) is 24.6 Å². The summed E-state index contributed by atoms with van der Waals surface area (Å²) in [5.41, 5.74) is 2.45. The summed E-state index contributed by atoms with van der Waals surface area (Å²) in [4.78, 5) is 7.00. The Labute approximate surface area is 146 Å². The van der Waals surface area contributed by atoms with Gasteiger partial charge in [-0.1, -0.05) is 0 Å². The van der Waals surface area contributed by atoms with E-state index in [0.717, 1.165) is 56.1 Å². The zero-order valence-corrected chi connectivity index (χ0v) is 15.4. The van der Waals surface area contributed by atoms with Crippen LogP contribution in [0.2, 0.25) is 0 Å². The quantitative estimate of drug-likeness (QED) is 0.493. The summed E-state index contributed by atoms with van der Waals surface area (Å²) in [7, 11) is 3.79. The zero-order valence-electron chi connectivity index (χ0n) is 13.0. The zero-order chi connectivity index (χ0) is 16.1. The Morgan fingerprint density at radius 1 is 1.43 bits per heavy atom. The highest BCUT2D eigenvalue weighted by Crippen LogP contribution is 2.35. The molecule has 23 heavy (non-hydrogen) atoms. The van der Waals surface area contributed by atoms with Crippen molar-refractivity contribution in [2.45, 2.75) is 18.9 Å². The van der Waals surface area contributed by atoms with Gasteiger partial charge in [0.25, 0.3) is 0 Å². The number of aryl methyl sites for hydroxylation is 1. The molecule has 1 saturated heterocycles. The summed E-state index contributed by atoms with van der Waals surface area (Å²) in [6.07, 6.45) is 3.91. The molecule has 0 aromatic carbocycles. The third-order valence-electron chi connectivity index (χ3n) is 4.53.